The van der Waals surface area contributed by atoms with Gasteiger partial charge in [-0.25, -0.2) is 4.39 Å². The molecule has 0 bridgehead atoms. The second kappa shape index (κ2) is 4.83. The molecule has 0 spiro atoms. The summed E-state index contributed by atoms with van der Waals surface area (Å²) in [7, 11) is 0. The molecule has 3 rings (SSSR count). The van der Waals surface area contributed by atoms with E-state index in [0.717, 1.165) is 12.8 Å². The van der Waals surface area contributed by atoms with Crippen molar-refractivity contribution in [3.05, 3.63) is 35.6 Å². The number of carbonyl (C=O) groups excluding carboxylic acids is 2. The van der Waals surface area contributed by atoms with Crippen molar-refractivity contribution >= 4 is 11.8 Å². The maximum Gasteiger partial charge on any atom is 0.249 e. The molecule has 21 heavy (non-hydrogen) atoms. The summed E-state index contributed by atoms with van der Waals surface area (Å²) in [5, 5.41) is 2.86. The number of benzene rings is 1. The molecule has 1 saturated heterocycles. The van der Waals surface area contributed by atoms with Crippen molar-refractivity contribution in [1.29, 1.82) is 0 Å². The van der Waals surface area contributed by atoms with Crippen LogP contribution in [0.2, 0.25) is 0 Å². The number of hydrogen-bond acceptors (Lipinski definition) is 2. The van der Waals surface area contributed by atoms with Crippen molar-refractivity contribution in [1.82, 2.24) is 10.2 Å². The molecule has 2 aliphatic rings. The Morgan fingerprint density at radius 2 is 2.00 bits per heavy atom. The van der Waals surface area contributed by atoms with Gasteiger partial charge in [-0.2, -0.15) is 0 Å². The molecule has 1 aliphatic carbocycles. The lowest BCUT2D eigenvalue weighted by atomic mass is 9.89. The monoisotopic (exact) mass is 290 g/mol. The highest BCUT2D eigenvalue weighted by atomic mass is 19.1. The van der Waals surface area contributed by atoms with Gasteiger partial charge >= 0.3 is 0 Å². The first kappa shape index (κ1) is 14.0. The predicted octanol–water partition coefficient (Wildman–Crippen LogP) is 1.84. The van der Waals surface area contributed by atoms with E-state index in [9.17, 15) is 14.0 Å². The van der Waals surface area contributed by atoms with E-state index in [1.165, 1.54) is 11.0 Å². The van der Waals surface area contributed by atoms with Crippen LogP contribution >= 0.6 is 0 Å². The Labute approximate surface area is 123 Å². The molecule has 1 aliphatic heterocycles. The smallest absolute Gasteiger partial charge is 0.249 e. The Morgan fingerprint density at radius 3 is 2.62 bits per heavy atom. The minimum atomic E-state index is -0.838. The standard InChI is InChI=1S/C16H19FN2O2/c1-10-14(20)18-16(2,12-7-8-12)15(21)19(10)9-11-5-3-4-6-13(11)17/h3-6,10,12H,7-9H2,1-2H3,(H,18,20). The predicted molar refractivity (Wildman–Crippen MR) is 75.7 cm³/mol. The van der Waals surface area contributed by atoms with Gasteiger partial charge in [0, 0.05) is 12.1 Å². The summed E-state index contributed by atoms with van der Waals surface area (Å²) in [6, 6.07) is 5.79. The van der Waals surface area contributed by atoms with Crippen LogP contribution in [0.15, 0.2) is 24.3 Å². The van der Waals surface area contributed by atoms with Crippen LogP contribution in [-0.2, 0) is 16.1 Å². The Hall–Kier alpha value is -1.91. The number of amides is 2. The first-order chi connectivity index (χ1) is 9.93. The molecule has 2 fully saturated rings. The maximum absolute atomic E-state index is 13.8. The average molecular weight is 290 g/mol. The van der Waals surface area contributed by atoms with E-state index in [1.807, 2.05) is 0 Å². The maximum atomic E-state index is 13.8. The average Bonchev–Trinajstić information content (AvgIpc) is 3.28. The summed E-state index contributed by atoms with van der Waals surface area (Å²) >= 11 is 0. The Balaban J connectivity index is 1.90. The topological polar surface area (TPSA) is 49.4 Å². The van der Waals surface area contributed by atoms with E-state index in [1.54, 1.807) is 32.0 Å². The van der Waals surface area contributed by atoms with Crippen molar-refractivity contribution in [3.8, 4) is 0 Å². The van der Waals surface area contributed by atoms with Crippen LogP contribution in [0.25, 0.3) is 0 Å². The zero-order valence-electron chi connectivity index (χ0n) is 12.2. The molecule has 2 atom stereocenters. The van der Waals surface area contributed by atoms with Crippen LogP contribution in [0.4, 0.5) is 4.39 Å². The van der Waals surface area contributed by atoms with Gasteiger partial charge in [-0.15, -0.1) is 0 Å². The zero-order chi connectivity index (χ0) is 15.2. The Morgan fingerprint density at radius 1 is 1.33 bits per heavy atom. The summed E-state index contributed by atoms with van der Waals surface area (Å²) in [5.41, 5.74) is -0.403. The molecule has 4 nitrogen and oxygen atoms in total. The molecule has 2 amide bonds. The lowest BCUT2D eigenvalue weighted by Gasteiger charge is -2.43. The van der Waals surface area contributed by atoms with Crippen molar-refractivity contribution in [2.24, 2.45) is 5.92 Å². The number of carbonyl (C=O) groups is 2. The van der Waals surface area contributed by atoms with Crippen LogP contribution in [0.1, 0.15) is 32.3 Å². The minimum Gasteiger partial charge on any atom is -0.340 e. The zero-order valence-corrected chi connectivity index (χ0v) is 12.2. The van der Waals surface area contributed by atoms with Gasteiger partial charge in [0.1, 0.15) is 17.4 Å². The number of rotatable bonds is 3. The molecule has 1 aromatic rings. The minimum absolute atomic E-state index is 0.111. The van der Waals surface area contributed by atoms with Crippen LogP contribution in [-0.4, -0.2) is 28.3 Å². The number of nitrogens with zero attached hydrogens (tertiary/aromatic N) is 1. The third-order valence-corrected chi connectivity index (χ3v) is 4.63. The van der Waals surface area contributed by atoms with Crippen LogP contribution in [0.3, 0.4) is 0 Å². The van der Waals surface area contributed by atoms with Gasteiger partial charge in [0.2, 0.25) is 11.8 Å². The SMILES string of the molecule is CC1C(=O)NC(C)(C2CC2)C(=O)N1Cc1ccccc1F. The summed E-state index contributed by atoms with van der Waals surface area (Å²) < 4.78 is 13.8. The van der Waals surface area contributed by atoms with Gasteiger partial charge in [0.15, 0.2) is 0 Å². The number of piperazine rings is 1. The molecule has 1 heterocycles. The molecule has 2 unspecified atom stereocenters. The molecular formula is C16H19FN2O2. The molecule has 0 aromatic heterocycles. The molecular weight excluding hydrogens is 271 g/mol. The first-order valence-corrected chi connectivity index (χ1v) is 7.30. The van der Waals surface area contributed by atoms with Crippen LogP contribution < -0.4 is 5.32 Å². The van der Waals surface area contributed by atoms with Gasteiger partial charge in [-0.1, -0.05) is 18.2 Å². The normalized spacial score (nSPS) is 29.5. The van der Waals surface area contributed by atoms with E-state index >= 15 is 0 Å². The largest absolute Gasteiger partial charge is 0.340 e. The van der Waals surface area contributed by atoms with Crippen LogP contribution in [0, 0.1) is 11.7 Å². The second-order valence-corrected chi connectivity index (χ2v) is 6.17. The van der Waals surface area contributed by atoms with Gasteiger partial charge in [0.25, 0.3) is 0 Å². The van der Waals surface area contributed by atoms with E-state index in [4.69, 9.17) is 0 Å². The highest BCUT2D eigenvalue weighted by Gasteiger charge is 2.54. The van der Waals surface area contributed by atoms with Crippen LogP contribution in [0.5, 0.6) is 0 Å². The highest BCUT2D eigenvalue weighted by Crippen LogP contribution is 2.42. The summed E-state index contributed by atoms with van der Waals surface area (Å²) in [6.07, 6.45) is 1.90. The molecule has 1 aromatic carbocycles. The van der Waals surface area contributed by atoms with Crippen molar-refractivity contribution in [2.45, 2.75) is 44.8 Å². The molecule has 112 valence electrons. The lowest BCUT2D eigenvalue weighted by Crippen LogP contribution is -2.69. The number of halogens is 1. The third-order valence-electron chi connectivity index (χ3n) is 4.63. The summed E-state index contributed by atoms with van der Waals surface area (Å²) in [6.45, 7) is 3.59. The van der Waals surface area contributed by atoms with E-state index in [2.05, 4.69) is 5.32 Å². The second-order valence-electron chi connectivity index (χ2n) is 6.17. The molecule has 1 N–H and O–H groups in total. The summed E-state index contributed by atoms with van der Waals surface area (Å²) in [5.74, 6) is -0.429. The van der Waals surface area contributed by atoms with E-state index in [-0.39, 0.29) is 30.1 Å². The fourth-order valence-electron chi connectivity index (χ4n) is 2.99. The lowest BCUT2D eigenvalue weighted by molar-refractivity contribution is -0.155. The van der Waals surface area contributed by atoms with E-state index < -0.39 is 11.6 Å². The highest BCUT2D eigenvalue weighted by molar-refractivity contribution is 5.99. The van der Waals surface area contributed by atoms with Gasteiger partial charge in [-0.05, 0) is 38.7 Å². The van der Waals surface area contributed by atoms with E-state index in [0.29, 0.717) is 5.56 Å². The fraction of sp³-hybridized carbons (Fsp3) is 0.500. The van der Waals surface area contributed by atoms with Gasteiger partial charge < -0.3 is 10.2 Å². The third kappa shape index (κ3) is 2.30. The summed E-state index contributed by atoms with van der Waals surface area (Å²) in [4.78, 5) is 26.5. The van der Waals surface area contributed by atoms with Crippen molar-refractivity contribution in [2.75, 3.05) is 0 Å². The molecule has 0 radical (unpaired) electrons. The molecule has 5 heteroatoms. The quantitative estimate of drug-likeness (QED) is 0.923. The number of nitrogens with one attached hydrogen (secondary N) is 1. The van der Waals surface area contributed by atoms with Crippen molar-refractivity contribution in [3.63, 3.8) is 0 Å². The van der Waals surface area contributed by atoms with Gasteiger partial charge in [0.05, 0.1) is 0 Å². The van der Waals surface area contributed by atoms with Crippen molar-refractivity contribution < 1.29 is 14.0 Å². The first-order valence-electron chi connectivity index (χ1n) is 7.30. The molecule has 1 saturated carbocycles. The van der Waals surface area contributed by atoms with Gasteiger partial charge in [-0.3, -0.25) is 9.59 Å². The fourth-order valence-corrected chi connectivity index (χ4v) is 2.99. The Kier molecular flexibility index (Phi) is 3.23. The Bertz CT molecular complexity index is 600. The number of hydrogen-bond donors (Lipinski definition) is 1.